The largest absolute Gasteiger partial charge is 0.311 e. The molecule has 2 rings (SSSR count). The summed E-state index contributed by atoms with van der Waals surface area (Å²) in [4.78, 5) is 2.41. The molecule has 1 aliphatic rings. The van der Waals surface area contributed by atoms with Crippen LogP contribution in [0.3, 0.4) is 0 Å². The fourth-order valence-corrected chi connectivity index (χ4v) is 2.86. The van der Waals surface area contributed by atoms with Crippen molar-refractivity contribution < 1.29 is 4.39 Å². The zero-order valence-electron chi connectivity index (χ0n) is 11.4. The van der Waals surface area contributed by atoms with Gasteiger partial charge in [0.15, 0.2) is 0 Å². The SMILES string of the molecule is CCCN(CCC)[C@H]1CNCc2cccc(F)c21. The van der Waals surface area contributed by atoms with E-state index in [0.717, 1.165) is 50.1 Å². The molecule has 0 bridgehead atoms. The van der Waals surface area contributed by atoms with Crippen molar-refractivity contribution in [3.63, 3.8) is 0 Å². The summed E-state index contributed by atoms with van der Waals surface area (Å²) in [5.41, 5.74) is 2.03. The fraction of sp³-hybridized carbons (Fsp3) is 0.600. The molecule has 0 fully saturated rings. The third kappa shape index (κ3) is 2.73. The first-order valence-corrected chi connectivity index (χ1v) is 7.00. The number of halogens is 1. The molecule has 1 aromatic rings. The third-order valence-electron chi connectivity index (χ3n) is 3.59. The van der Waals surface area contributed by atoms with Crippen molar-refractivity contribution >= 4 is 0 Å². The molecule has 0 amide bonds. The standard InChI is InChI=1S/C15H23FN2/c1-3-8-18(9-4-2)14-11-17-10-12-6-5-7-13(16)15(12)14/h5-7,14,17H,3-4,8-11H2,1-2H3/t14-/m0/s1. The average Bonchev–Trinajstić information content (AvgIpc) is 2.38. The van der Waals surface area contributed by atoms with E-state index in [9.17, 15) is 4.39 Å². The molecule has 0 aliphatic carbocycles. The predicted molar refractivity (Wildman–Crippen MR) is 73.0 cm³/mol. The molecule has 1 aromatic carbocycles. The number of hydrogen-bond donors (Lipinski definition) is 1. The van der Waals surface area contributed by atoms with Gasteiger partial charge in [-0.2, -0.15) is 0 Å². The normalized spacial score (nSPS) is 19.0. The minimum Gasteiger partial charge on any atom is -0.311 e. The van der Waals surface area contributed by atoms with Crippen LogP contribution in [-0.2, 0) is 6.54 Å². The number of benzene rings is 1. The summed E-state index contributed by atoms with van der Waals surface area (Å²) in [6, 6.07) is 5.62. The lowest BCUT2D eigenvalue weighted by atomic mass is 9.94. The van der Waals surface area contributed by atoms with Crippen molar-refractivity contribution in [2.24, 2.45) is 0 Å². The summed E-state index contributed by atoms with van der Waals surface area (Å²) in [7, 11) is 0. The van der Waals surface area contributed by atoms with Gasteiger partial charge < -0.3 is 5.32 Å². The highest BCUT2D eigenvalue weighted by Gasteiger charge is 2.27. The Morgan fingerprint density at radius 1 is 1.28 bits per heavy atom. The second-order valence-corrected chi connectivity index (χ2v) is 5.00. The maximum Gasteiger partial charge on any atom is 0.128 e. The first-order valence-electron chi connectivity index (χ1n) is 7.00. The second kappa shape index (κ2) is 6.30. The lowest BCUT2D eigenvalue weighted by molar-refractivity contribution is 0.181. The highest BCUT2D eigenvalue weighted by atomic mass is 19.1. The van der Waals surface area contributed by atoms with Crippen LogP contribution in [0.2, 0.25) is 0 Å². The van der Waals surface area contributed by atoms with E-state index < -0.39 is 0 Å². The van der Waals surface area contributed by atoms with Crippen molar-refractivity contribution in [3.05, 3.63) is 35.1 Å². The predicted octanol–water partition coefficient (Wildman–Crippen LogP) is 3.09. The number of rotatable bonds is 5. The Morgan fingerprint density at radius 3 is 2.67 bits per heavy atom. The van der Waals surface area contributed by atoms with Crippen molar-refractivity contribution in [1.29, 1.82) is 0 Å². The van der Waals surface area contributed by atoms with Gasteiger partial charge in [0.1, 0.15) is 5.82 Å². The van der Waals surface area contributed by atoms with E-state index in [1.54, 1.807) is 6.07 Å². The van der Waals surface area contributed by atoms with Crippen molar-refractivity contribution in [2.75, 3.05) is 19.6 Å². The van der Waals surface area contributed by atoms with Gasteiger partial charge in [0, 0.05) is 18.7 Å². The molecule has 0 unspecified atom stereocenters. The van der Waals surface area contributed by atoms with E-state index in [4.69, 9.17) is 0 Å². The van der Waals surface area contributed by atoms with E-state index >= 15 is 0 Å². The van der Waals surface area contributed by atoms with Crippen LogP contribution in [0.5, 0.6) is 0 Å². The van der Waals surface area contributed by atoms with Crippen molar-refractivity contribution in [2.45, 2.75) is 39.3 Å². The van der Waals surface area contributed by atoms with E-state index in [2.05, 4.69) is 24.1 Å². The molecule has 0 radical (unpaired) electrons. The number of nitrogens with zero attached hydrogens (tertiary/aromatic N) is 1. The molecular weight excluding hydrogens is 227 g/mol. The quantitative estimate of drug-likeness (QED) is 0.864. The van der Waals surface area contributed by atoms with Crippen molar-refractivity contribution in [1.82, 2.24) is 10.2 Å². The minimum absolute atomic E-state index is 0.0452. The minimum atomic E-state index is -0.0452. The van der Waals surface area contributed by atoms with Gasteiger partial charge in [-0.05, 0) is 37.6 Å². The number of fused-ring (bicyclic) bond motifs is 1. The van der Waals surface area contributed by atoms with Gasteiger partial charge in [-0.3, -0.25) is 4.90 Å². The monoisotopic (exact) mass is 250 g/mol. The van der Waals surface area contributed by atoms with Crippen LogP contribution >= 0.6 is 0 Å². The van der Waals surface area contributed by atoms with Crippen LogP contribution in [-0.4, -0.2) is 24.5 Å². The summed E-state index contributed by atoms with van der Waals surface area (Å²) >= 11 is 0. The zero-order valence-corrected chi connectivity index (χ0v) is 11.4. The molecule has 1 atom stereocenters. The first-order chi connectivity index (χ1) is 8.77. The highest BCUT2D eigenvalue weighted by Crippen LogP contribution is 2.29. The van der Waals surface area contributed by atoms with E-state index in [1.165, 1.54) is 0 Å². The summed E-state index contributed by atoms with van der Waals surface area (Å²) in [5.74, 6) is -0.0452. The Bertz CT molecular complexity index is 386. The second-order valence-electron chi connectivity index (χ2n) is 5.00. The number of hydrogen-bond acceptors (Lipinski definition) is 2. The maximum atomic E-state index is 14.1. The average molecular weight is 250 g/mol. The molecule has 1 N–H and O–H groups in total. The summed E-state index contributed by atoms with van der Waals surface area (Å²) < 4.78 is 14.1. The third-order valence-corrected chi connectivity index (χ3v) is 3.59. The molecule has 18 heavy (non-hydrogen) atoms. The fourth-order valence-electron chi connectivity index (χ4n) is 2.86. The summed E-state index contributed by atoms with van der Waals surface area (Å²) in [6.45, 7) is 8.08. The highest BCUT2D eigenvalue weighted by molar-refractivity contribution is 5.33. The van der Waals surface area contributed by atoms with Crippen LogP contribution in [0.25, 0.3) is 0 Å². The Morgan fingerprint density at radius 2 is 2.00 bits per heavy atom. The Labute approximate surface area is 109 Å². The van der Waals surface area contributed by atoms with E-state index in [0.29, 0.717) is 0 Å². The van der Waals surface area contributed by atoms with Gasteiger partial charge in [-0.25, -0.2) is 4.39 Å². The topological polar surface area (TPSA) is 15.3 Å². The van der Waals surface area contributed by atoms with Gasteiger partial charge in [0.05, 0.1) is 6.04 Å². The maximum absolute atomic E-state index is 14.1. The molecule has 0 aromatic heterocycles. The summed E-state index contributed by atoms with van der Waals surface area (Å²) in [5, 5.41) is 3.41. The number of nitrogens with one attached hydrogen (secondary N) is 1. The van der Waals surface area contributed by atoms with Gasteiger partial charge in [-0.1, -0.05) is 26.0 Å². The zero-order chi connectivity index (χ0) is 13.0. The van der Waals surface area contributed by atoms with E-state index in [-0.39, 0.29) is 11.9 Å². The van der Waals surface area contributed by atoms with Crippen LogP contribution in [0.4, 0.5) is 4.39 Å². The Kier molecular flexibility index (Phi) is 4.72. The lowest BCUT2D eigenvalue weighted by Gasteiger charge is -2.36. The van der Waals surface area contributed by atoms with Crippen LogP contribution in [0.15, 0.2) is 18.2 Å². The van der Waals surface area contributed by atoms with Gasteiger partial charge in [-0.15, -0.1) is 0 Å². The van der Waals surface area contributed by atoms with Crippen molar-refractivity contribution in [3.8, 4) is 0 Å². The summed E-state index contributed by atoms with van der Waals surface area (Å²) in [6.07, 6.45) is 2.22. The molecule has 0 saturated heterocycles. The van der Waals surface area contributed by atoms with Gasteiger partial charge in [0.25, 0.3) is 0 Å². The van der Waals surface area contributed by atoms with Gasteiger partial charge >= 0.3 is 0 Å². The molecular formula is C15H23FN2. The molecule has 1 heterocycles. The molecule has 0 spiro atoms. The van der Waals surface area contributed by atoms with Crippen LogP contribution < -0.4 is 5.32 Å². The van der Waals surface area contributed by atoms with Crippen LogP contribution in [0.1, 0.15) is 43.9 Å². The lowest BCUT2D eigenvalue weighted by Crippen LogP contribution is -2.41. The van der Waals surface area contributed by atoms with Gasteiger partial charge in [0.2, 0.25) is 0 Å². The van der Waals surface area contributed by atoms with E-state index in [1.807, 2.05) is 12.1 Å². The molecule has 2 nitrogen and oxygen atoms in total. The smallest absolute Gasteiger partial charge is 0.128 e. The molecule has 0 saturated carbocycles. The molecule has 1 aliphatic heterocycles. The Hall–Kier alpha value is -0.930. The van der Waals surface area contributed by atoms with Crippen LogP contribution in [0, 0.1) is 5.82 Å². The first kappa shape index (κ1) is 13.5. The molecule has 100 valence electrons. The Balaban J connectivity index is 2.29. The molecule has 3 heteroatoms.